The van der Waals surface area contributed by atoms with Crippen molar-refractivity contribution in [1.29, 1.82) is 0 Å². The molecule has 10 aromatic rings. The molecule has 14 rings (SSSR count). The molecule has 2 aromatic heterocycles. The van der Waals surface area contributed by atoms with E-state index in [2.05, 4.69) is 162 Å². The Bertz CT molecular complexity index is 3300. The van der Waals surface area contributed by atoms with E-state index in [1.165, 1.54) is 109 Å². The summed E-state index contributed by atoms with van der Waals surface area (Å²) in [6.45, 7) is 0.0180. The molecule has 4 heteroatoms. The van der Waals surface area contributed by atoms with Gasteiger partial charge in [-0.05, 0) is 91.2 Å². The topological polar surface area (TPSA) is 14.2 Å². The van der Waals surface area contributed by atoms with Gasteiger partial charge in [0.15, 0.2) is 0 Å². The van der Waals surface area contributed by atoms with Gasteiger partial charge in [0.05, 0.1) is 16.4 Å². The third-order valence-electron chi connectivity index (χ3n) is 12.9. The maximum Gasteiger partial charge on any atom is 0.256 e. The van der Waals surface area contributed by atoms with Gasteiger partial charge in [-0.25, -0.2) is 0 Å². The number of rotatable bonds is 0. The Morgan fingerprint density at radius 3 is 1.94 bits per heavy atom. The number of hydrogen-bond acceptors (Lipinski definition) is 2. The van der Waals surface area contributed by atoms with E-state index in [9.17, 15) is 0 Å². The van der Waals surface area contributed by atoms with Gasteiger partial charge in [0, 0.05) is 36.6 Å². The number of para-hydroxylation sites is 1. The van der Waals surface area contributed by atoms with Gasteiger partial charge in [-0.1, -0.05) is 127 Å². The lowest BCUT2D eigenvalue weighted by Crippen LogP contribution is -2.58. The molecule has 0 amide bonds. The molecule has 0 saturated carbocycles. The van der Waals surface area contributed by atoms with Gasteiger partial charge in [0.1, 0.15) is 11.5 Å². The first kappa shape index (κ1) is 27.3. The van der Waals surface area contributed by atoms with E-state index in [-0.39, 0.29) is 6.71 Å². The number of nitrogens with zero attached hydrogens (tertiary/aromatic N) is 1. The summed E-state index contributed by atoms with van der Waals surface area (Å²) >= 11 is 1.93. The van der Waals surface area contributed by atoms with Crippen LogP contribution in [0.3, 0.4) is 0 Å². The maximum atomic E-state index is 7.16. The summed E-state index contributed by atoms with van der Waals surface area (Å²) < 4.78 is 12.4. The normalized spacial score (nSPS) is 14.7. The van der Waals surface area contributed by atoms with Gasteiger partial charge in [-0.15, -0.1) is 11.3 Å². The standard InChI is InChI=1S/C49H26BNOS/c1-6-17-34-27(12-1)28-13-2-7-18-35(28)49(34)36-19-8-3-14-29(36)32-24-38-43(26-37(32)49)52-42-22-11-21-41-46(42)50(38)39-25-33-30-15-5-10-23-44(30)53-48(33)45-31-16-4-9-20-40(31)51(41)47(39)45/h1-26H. The molecule has 8 aromatic carbocycles. The molecule has 1 spiro atoms. The predicted molar refractivity (Wildman–Crippen MR) is 221 cm³/mol. The second kappa shape index (κ2) is 9.16. The summed E-state index contributed by atoms with van der Waals surface area (Å²) in [5.41, 5.74) is 17.8. The molecular weight excluding hydrogens is 661 g/mol. The second-order valence-corrected chi connectivity index (χ2v) is 16.1. The molecule has 4 aliphatic rings. The van der Waals surface area contributed by atoms with Gasteiger partial charge in [0.25, 0.3) is 6.71 Å². The third-order valence-corrected chi connectivity index (χ3v) is 14.1. The van der Waals surface area contributed by atoms with E-state index >= 15 is 0 Å². The van der Waals surface area contributed by atoms with Crippen LogP contribution in [0.5, 0.6) is 11.5 Å². The summed E-state index contributed by atoms with van der Waals surface area (Å²) in [5, 5.41) is 5.34. The fourth-order valence-electron chi connectivity index (χ4n) is 11.0. The average Bonchev–Trinajstić information content (AvgIpc) is 3.93. The van der Waals surface area contributed by atoms with Crippen LogP contribution >= 0.6 is 11.3 Å². The highest BCUT2D eigenvalue weighted by molar-refractivity contribution is 7.27. The van der Waals surface area contributed by atoms with Crippen LogP contribution in [0.2, 0.25) is 0 Å². The highest BCUT2D eigenvalue weighted by atomic mass is 32.1. The molecule has 2 nitrogen and oxygen atoms in total. The molecule has 0 unspecified atom stereocenters. The molecule has 4 heterocycles. The predicted octanol–water partition coefficient (Wildman–Crippen LogP) is 10.4. The van der Waals surface area contributed by atoms with Gasteiger partial charge >= 0.3 is 0 Å². The highest BCUT2D eigenvalue weighted by Gasteiger charge is 2.53. The minimum absolute atomic E-state index is 0.0180. The molecule has 53 heavy (non-hydrogen) atoms. The lowest BCUT2D eigenvalue weighted by Gasteiger charge is -2.35. The zero-order chi connectivity index (χ0) is 34.2. The molecule has 2 aliphatic carbocycles. The van der Waals surface area contributed by atoms with Crippen molar-refractivity contribution in [1.82, 2.24) is 4.57 Å². The van der Waals surface area contributed by atoms with E-state index in [1.54, 1.807) is 0 Å². The van der Waals surface area contributed by atoms with Crippen molar-refractivity contribution < 1.29 is 4.74 Å². The van der Waals surface area contributed by atoms with Crippen molar-refractivity contribution in [2.75, 3.05) is 0 Å². The van der Waals surface area contributed by atoms with Crippen molar-refractivity contribution in [2.24, 2.45) is 0 Å². The minimum atomic E-state index is -0.416. The van der Waals surface area contributed by atoms with Crippen LogP contribution in [0.25, 0.3) is 69.9 Å². The van der Waals surface area contributed by atoms with Gasteiger partial charge in [-0.2, -0.15) is 0 Å². The first-order valence-corrected chi connectivity index (χ1v) is 19.3. The van der Waals surface area contributed by atoms with Gasteiger partial charge in [0.2, 0.25) is 0 Å². The Hall–Kier alpha value is -6.36. The van der Waals surface area contributed by atoms with E-state index in [0.717, 1.165) is 11.5 Å². The fraction of sp³-hybridized carbons (Fsp3) is 0.0204. The van der Waals surface area contributed by atoms with Crippen molar-refractivity contribution in [2.45, 2.75) is 5.41 Å². The molecule has 2 aliphatic heterocycles. The third kappa shape index (κ3) is 2.99. The SMILES string of the molecule is c1ccc2c(c1)-c1ccccc1C21c2ccccc2-c2cc3c(cc21)Oc1cccc2c1B3c1cc3c4ccccc4sc3c3c4ccccc4n-2c13. The number of benzene rings is 8. The first-order chi connectivity index (χ1) is 26.3. The second-order valence-electron chi connectivity index (χ2n) is 15.1. The number of fused-ring (bicyclic) bond motifs is 21. The van der Waals surface area contributed by atoms with E-state index in [4.69, 9.17) is 4.74 Å². The number of ether oxygens (including phenoxy) is 1. The Labute approximate surface area is 309 Å². The van der Waals surface area contributed by atoms with Crippen molar-refractivity contribution >= 4 is 76.4 Å². The van der Waals surface area contributed by atoms with E-state index in [1.807, 2.05) is 11.3 Å². The Balaban J connectivity index is 1.14. The van der Waals surface area contributed by atoms with Crippen LogP contribution in [-0.2, 0) is 5.41 Å². The Morgan fingerprint density at radius 1 is 0.509 bits per heavy atom. The molecule has 0 bridgehead atoms. The first-order valence-electron chi connectivity index (χ1n) is 18.5. The molecule has 0 radical (unpaired) electrons. The zero-order valence-corrected chi connectivity index (χ0v) is 29.2. The lowest BCUT2D eigenvalue weighted by atomic mass is 9.34. The number of thiophene rings is 1. The van der Waals surface area contributed by atoms with Crippen LogP contribution < -0.4 is 21.1 Å². The van der Waals surface area contributed by atoms with Crippen LogP contribution in [0.4, 0.5) is 0 Å². The van der Waals surface area contributed by atoms with Crippen LogP contribution in [0.15, 0.2) is 158 Å². The molecular formula is C49H26BNOS. The fourth-order valence-corrected chi connectivity index (χ4v) is 12.2. The molecule has 0 N–H and O–H groups in total. The molecule has 0 atom stereocenters. The Morgan fingerprint density at radius 2 is 1.17 bits per heavy atom. The smallest absolute Gasteiger partial charge is 0.256 e. The van der Waals surface area contributed by atoms with E-state index < -0.39 is 5.41 Å². The number of aromatic nitrogens is 1. The monoisotopic (exact) mass is 687 g/mol. The minimum Gasteiger partial charge on any atom is -0.458 e. The summed E-state index contributed by atoms with van der Waals surface area (Å²) in [6.07, 6.45) is 0. The summed E-state index contributed by atoms with van der Waals surface area (Å²) in [5.74, 6) is 1.91. The Kier molecular flexibility index (Phi) is 4.72. The lowest BCUT2D eigenvalue weighted by molar-refractivity contribution is 0.486. The largest absolute Gasteiger partial charge is 0.458 e. The number of hydrogen-bond donors (Lipinski definition) is 0. The molecule has 242 valence electrons. The van der Waals surface area contributed by atoms with Crippen molar-refractivity contribution in [3.05, 3.63) is 180 Å². The molecule has 0 saturated heterocycles. The zero-order valence-electron chi connectivity index (χ0n) is 28.4. The summed E-state index contributed by atoms with van der Waals surface area (Å²) in [7, 11) is 0. The highest BCUT2D eigenvalue weighted by Crippen LogP contribution is 2.63. The van der Waals surface area contributed by atoms with Crippen molar-refractivity contribution in [3.8, 4) is 39.4 Å². The average molecular weight is 688 g/mol. The van der Waals surface area contributed by atoms with E-state index in [0.29, 0.717) is 0 Å². The van der Waals surface area contributed by atoms with Gasteiger partial charge < -0.3 is 9.30 Å². The quantitative estimate of drug-likeness (QED) is 0.145. The summed E-state index contributed by atoms with van der Waals surface area (Å²) in [4.78, 5) is 0. The molecule has 0 fully saturated rings. The van der Waals surface area contributed by atoms with Gasteiger partial charge in [-0.3, -0.25) is 0 Å². The van der Waals surface area contributed by atoms with Crippen LogP contribution in [0, 0.1) is 0 Å². The maximum absolute atomic E-state index is 7.16. The van der Waals surface area contributed by atoms with Crippen LogP contribution in [-0.4, -0.2) is 11.3 Å². The van der Waals surface area contributed by atoms with Crippen molar-refractivity contribution in [3.63, 3.8) is 0 Å². The summed E-state index contributed by atoms with van der Waals surface area (Å²) in [6, 6.07) is 59.2. The van der Waals surface area contributed by atoms with Crippen LogP contribution in [0.1, 0.15) is 22.3 Å².